The fraction of sp³-hybridized carbons (Fsp3) is 0.471. The first-order valence-electron chi connectivity index (χ1n) is 7.35. The zero-order valence-corrected chi connectivity index (χ0v) is 13.2. The van der Waals surface area contributed by atoms with E-state index in [0.29, 0.717) is 5.92 Å². The molecule has 0 bridgehead atoms. The van der Waals surface area contributed by atoms with Crippen molar-refractivity contribution < 1.29 is 0 Å². The zero-order chi connectivity index (χ0) is 14.7. The van der Waals surface area contributed by atoms with E-state index in [1.807, 2.05) is 11.7 Å². The lowest BCUT2D eigenvalue weighted by Crippen LogP contribution is -2.02. The lowest BCUT2D eigenvalue weighted by Gasteiger charge is -2.11. The maximum atomic E-state index is 4.45. The molecule has 2 aromatic rings. The van der Waals surface area contributed by atoms with Crippen molar-refractivity contribution in [1.29, 1.82) is 0 Å². The molecule has 0 saturated heterocycles. The molecule has 1 unspecified atom stereocenters. The first-order valence-corrected chi connectivity index (χ1v) is 7.35. The molecule has 0 radical (unpaired) electrons. The number of rotatable bonds is 5. The van der Waals surface area contributed by atoms with Crippen molar-refractivity contribution in [1.82, 2.24) is 9.78 Å². The SMILES string of the molecule is CCC(C)c1ccc(NCc2c(C)nn(C)c2C)cc1. The van der Waals surface area contributed by atoms with Crippen LogP contribution in [0.25, 0.3) is 0 Å². The van der Waals surface area contributed by atoms with Crippen molar-refractivity contribution in [3.05, 3.63) is 46.8 Å². The highest BCUT2D eigenvalue weighted by Crippen LogP contribution is 2.21. The first kappa shape index (κ1) is 14.6. The predicted octanol–water partition coefficient (Wildman–Crippen LogP) is 4.16. The number of aromatic nitrogens is 2. The Kier molecular flexibility index (Phi) is 4.48. The molecular weight excluding hydrogens is 246 g/mol. The van der Waals surface area contributed by atoms with E-state index >= 15 is 0 Å². The Morgan fingerprint density at radius 2 is 1.85 bits per heavy atom. The van der Waals surface area contributed by atoms with Crippen molar-refractivity contribution in [2.75, 3.05) is 5.32 Å². The van der Waals surface area contributed by atoms with E-state index in [0.717, 1.165) is 12.2 Å². The summed E-state index contributed by atoms with van der Waals surface area (Å²) < 4.78 is 1.94. The van der Waals surface area contributed by atoms with E-state index in [-0.39, 0.29) is 0 Å². The Morgan fingerprint density at radius 3 is 2.35 bits per heavy atom. The lowest BCUT2D eigenvalue weighted by molar-refractivity contribution is 0.730. The van der Waals surface area contributed by atoms with Crippen LogP contribution in [-0.2, 0) is 13.6 Å². The molecule has 0 spiro atoms. The molecule has 0 aliphatic heterocycles. The molecule has 2 rings (SSSR count). The molecule has 3 heteroatoms. The van der Waals surface area contributed by atoms with Gasteiger partial charge in [-0.25, -0.2) is 0 Å². The molecule has 0 aliphatic rings. The van der Waals surface area contributed by atoms with Crippen molar-refractivity contribution >= 4 is 5.69 Å². The third kappa shape index (κ3) is 3.03. The number of nitrogens with one attached hydrogen (secondary N) is 1. The highest BCUT2D eigenvalue weighted by molar-refractivity contribution is 5.46. The molecule has 1 aromatic carbocycles. The summed E-state index contributed by atoms with van der Waals surface area (Å²) in [5.74, 6) is 0.631. The van der Waals surface area contributed by atoms with Gasteiger partial charge in [0, 0.05) is 30.5 Å². The van der Waals surface area contributed by atoms with Gasteiger partial charge in [0.1, 0.15) is 0 Å². The Morgan fingerprint density at radius 1 is 1.20 bits per heavy atom. The van der Waals surface area contributed by atoms with Gasteiger partial charge >= 0.3 is 0 Å². The molecule has 1 atom stereocenters. The second-order valence-electron chi connectivity index (χ2n) is 5.56. The molecule has 3 nitrogen and oxygen atoms in total. The minimum atomic E-state index is 0.631. The maximum Gasteiger partial charge on any atom is 0.0646 e. The highest BCUT2D eigenvalue weighted by Gasteiger charge is 2.09. The number of aryl methyl sites for hydroxylation is 2. The molecule has 108 valence electrons. The second kappa shape index (κ2) is 6.12. The van der Waals surface area contributed by atoms with Gasteiger partial charge in [0.2, 0.25) is 0 Å². The number of benzene rings is 1. The van der Waals surface area contributed by atoms with Crippen LogP contribution in [0.5, 0.6) is 0 Å². The standard InChI is InChI=1S/C17H25N3/c1-6-12(2)15-7-9-16(10-8-15)18-11-17-13(3)19-20(5)14(17)4/h7-10,12,18H,6,11H2,1-5H3. The Hall–Kier alpha value is -1.77. The summed E-state index contributed by atoms with van der Waals surface area (Å²) >= 11 is 0. The summed E-state index contributed by atoms with van der Waals surface area (Å²) in [6.07, 6.45) is 1.18. The predicted molar refractivity (Wildman–Crippen MR) is 85.2 cm³/mol. The third-order valence-corrected chi connectivity index (χ3v) is 4.22. The second-order valence-corrected chi connectivity index (χ2v) is 5.56. The summed E-state index contributed by atoms with van der Waals surface area (Å²) in [4.78, 5) is 0. The van der Waals surface area contributed by atoms with E-state index in [2.05, 4.69) is 62.4 Å². The molecule has 20 heavy (non-hydrogen) atoms. The van der Waals surface area contributed by atoms with Crippen molar-refractivity contribution in [3.8, 4) is 0 Å². The van der Waals surface area contributed by atoms with Crippen LogP contribution in [0.15, 0.2) is 24.3 Å². The molecule has 0 saturated carbocycles. The molecule has 0 fully saturated rings. The average Bonchev–Trinajstić information content (AvgIpc) is 2.70. The number of anilines is 1. The maximum absolute atomic E-state index is 4.45. The van der Waals surface area contributed by atoms with Crippen LogP contribution >= 0.6 is 0 Å². The van der Waals surface area contributed by atoms with Crippen LogP contribution in [0.4, 0.5) is 5.69 Å². The fourth-order valence-electron chi connectivity index (χ4n) is 2.43. The van der Waals surface area contributed by atoms with Gasteiger partial charge in [-0.15, -0.1) is 0 Å². The number of hydrogen-bond donors (Lipinski definition) is 1. The van der Waals surface area contributed by atoms with E-state index in [1.54, 1.807) is 0 Å². The van der Waals surface area contributed by atoms with Crippen LogP contribution in [-0.4, -0.2) is 9.78 Å². The highest BCUT2D eigenvalue weighted by atomic mass is 15.3. The normalized spacial score (nSPS) is 12.4. The van der Waals surface area contributed by atoms with E-state index in [9.17, 15) is 0 Å². The van der Waals surface area contributed by atoms with Crippen molar-refractivity contribution in [2.24, 2.45) is 7.05 Å². The summed E-state index contributed by atoms with van der Waals surface area (Å²) in [7, 11) is 1.99. The van der Waals surface area contributed by atoms with Crippen molar-refractivity contribution in [2.45, 2.75) is 46.6 Å². The number of nitrogens with zero attached hydrogens (tertiary/aromatic N) is 2. The molecule has 1 aromatic heterocycles. The topological polar surface area (TPSA) is 29.9 Å². The summed E-state index contributed by atoms with van der Waals surface area (Å²) in [6, 6.07) is 8.78. The van der Waals surface area contributed by atoms with Gasteiger partial charge < -0.3 is 5.32 Å². The van der Waals surface area contributed by atoms with Gasteiger partial charge in [0.15, 0.2) is 0 Å². The molecule has 0 amide bonds. The largest absolute Gasteiger partial charge is 0.381 e. The fourth-order valence-corrected chi connectivity index (χ4v) is 2.43. The van der Waals surface area contributed by atoms with E-state index in [1.165, 1.54) is 28.9 Å². The van der Waals surface area contributed by atoms with Crippen LogP contribution in [0.2, 0.25) is 0 Å². The Bertz CT molecular complexity index is 567. The van der Waals surface area contributed by atoms with Gasteiger partial charge in [0.25, 0.3) is 0 Å². The van der Waals surface area contributed by atoms with E-state index < -0.39 is 0 Å². The molecule has 1 N–H and O–H groups in total. The van der Waals surface area contributed by atoms with Gasteiger partial charge in [-0.1, -0.05) is 26.0 Å². The van der Waals surface area contributed by atoms with Crippen molar-refractivity contribution in [3.63, 3.8) is 0 Å². The number of hydrogen-bond acceptors (Lipinski definition) is 2. The van der Waals surface area contributed by atoms with Crippen LogP contribution < -0.4 is 5.32 Å². The van der Waals surface area contributed by atoms with Gasteiger partial charge in [-0.2, -0.15) is 5.10 Å². The van der Waals surface area contributed by atoms with Crippen LogP contribution in [0, 0.1) is 13.8 Å². The van der Waals surface area contributed by atoms with Gasteiger partial charge in [0.05, 0.1) is 5.69 Å². The van der Waals surface area contributed by atoms with Crippen LogP contribution in [0.1, 0.15) is 48.7 Å². The summed E-state index contributed by atoms with van der Waals surface area (Å²) in [5.41, 5.74) is 6.20. The third-order valence-electron chi connectivity index (χ3n) is 4.22. The smallest absolute Gasteiger partial charge is 0.0646 e. The lowest BCUT2D eigenvalue weighted by atomic mass is 9.98. The first-order chi connectivity index (χ1) is 9.52. The monoisotopic (exact) mass is 271 g/mol. The minimum Gasteiger partial charge on any atom is -0.381 e. The minimum absolute atomic E-state index is 0.631. The quantitative estimate of drug-likeness (QED) is 0.884. The average molecular weight is 271 g/mol. The molecule has 0 aliphatic carbocycles. The van der Waals surface area contributed by atoms with Crippen LogP contribution in [0.3, 0.4) is 0 Å². The molecule has 1 heterocycles. The Balaban J connectivity index is 2.04. The summed E-state index contributed by atoms with van der Waals surface area (Å²) in [5, 5.41) is 7.93. The van der Waals surface area contributed by atoms with E-state index in [4.69, 9.17) is 0 Å². The molecular formula is C17H25N3. The van der Waals surface area contributed by atoms with Gasteiger partial charge in [-0.05, 0) is 43.9 Å². The van der Waals surface area contributed by atoms with Gasteiger partial charge in [-0.3, -0.25) is 4.68 Å². The Labute approximate surface area is 122 Å². The summed E-state index contributed by atoms with van der Waals surface area (Å²) in [6.45, 7) is 9.50. The zero-order valence-electron chi connectivity index (χ0n) is 13.2.